The van der Waals surface area contributed by atoms with Gasteiger partial charge in [0, 0.05) is 4.47 Å². The molecular weight excluding hydrogens is 338 g/mol. The van der Waals surface area contributed by atoms with E-state index < -0.39 is 17.7 Å². The largest absolute Gasteiger partial charge is 0.426 e. The molecule has 0 radical (unpaired) electrons. The predicted octanol–water partition coefficient (Wildman–Crippen LogP) is 3.35. The van der Waals surface area contributed by atoms with Crippen LogP contribution in [0.4, 0.5) is 18.9 Å². The molecule has 18 heavy (non-hydrogen) atoms. The van der Waals surface area contributed by atoms with Gasteiger partial charge < -0.3 is 10.4 Å². The van der Waals surface area contributed by atoms with Gasteiger partial charge in [0.25, 0.3) is 5.91 Å². The lowest BCUT2D eigenvalue weighted by atomic mass is 10.1. The predicted molar refractivity (Wildman–Crippen MR) is 64.5 cm³/mol. The van der Waals surface area contributed by atoms with Crippen LogP contribution in [0.15, 0.2) is 22.7 Å². The van der Waals surface area contributed by atoms with Gasteiger partial charge in [0.05, 0.1) is 10.7 Å². The number of carbonyl (C=O) groups is 1. The summed E-state index contributed by atoms with van der Waals surface area (Å²) in [5.41, 5.74) is -3.51. The maximum absolute atomic E-state index is 12.4. The molecule has 0 bridgehead atoms. The zero-order chi connectivity index (χ0) is 14.1. The Bertz CT molecular complexity index is 477. The van der Waals surface area contributed by atoms with Crippen LogP contribution in [0.2, 0.25) is 5.02 Å². The third-order valence-electron chi connectivity index (χ3n) is 2.19. The van der Waals surface area contributed by atoms with E-state index >= 15 is 0 Å². The van der Waals surface area contributed by atoms with Gasteiger partial charge in [-0.25, -0.2) is 0 Å². The molecule has 0 aliphatic heterocycles. The molecule has 1 amide bonds. The van der Waals surface area contributed by atoms with Crippen LogP contribution in [-0.4, -0.2) is 22.8 Å². The minimum absolute atomic E-state index is 0.0273. The first-order valence-electron chi connectivity index (χ1n) is 4.62. The quantitative estimate of drug-likeness (QED) is 0.863. The zero-order valence-corrected chi connectivity index (χ0v) is 11.3. The van der Waals surface area contributed by atoms with Crippen molar-refractivity contribution in [1.29, 1.82) is 0 Å². The van der Waals surface area contributed by atoms with Crippen LogP contribution in [0.25, 0.3) is 0 Å². The Labute approximate surface area is 114 Å². The Morgan fingerprint density at radius 2 is 2.00 bits per heavy atom. The van der Waals surface area contributed by atoms with Gasteiger partial charge in [-0.1, -0.05) is 17.7 Å². The molecule has 100 valence electrons. The first-order valence-corrected chi connectivity index (χ1v) is 5.79. The molecule has 0 aromatic heterocycles. The topological polar surface area (TPSA) is 49.3 Å². The molecule has 0 aliphatic rings. The summed E-state index contributed by atoms with van der Waals surface area (Å²) < 4.78 is 37.7. The van der Waals surface area contributed by atoms with E-state index in [2.05, 4.69) is 15.9 Å². The maximum Gasteiger partial charge on any atom is 0.426 e. The Kier molecular flexibility index (Phi) is 4.30. The average molecular weight is 347 g/mol. The van der Waals surface area contributed by atoms with E-state index in [9.17, 15) is 18.0 Å². The number of nitrogens with one attached hydrogen (secondary N) is 1. The first-order chi connectivity index (χ1) is 8.07. The third-order valence-corrected chi connectivity index (χ3v) is 3.49. The Morgan fingerprint density at radius 3 is 2.50 bits per heavy atom. The van der Waals surface area contributed by atoms with Crippen molar-refractivity contribution in [1.82, 2.24) is 0 Å². The standard InChI is InChI=1S/C10H8BrClF3NO2/c1-9(18,10(13,14)15)8(17)16-6-4-2-3-5(11)7(6)12/h2-4,18H,1H3,(H,16,17)/t9-/m1/s1. The van der Waals surface area contributed by atoms with E-state index in [1.807, 2.05) is 5.32 Å². The van der Waals surface area contributed by atoms with Gasteiger partial charge in [0.15, 0.2) is 0 Å². The lowest BCUT2D eigenvalue weighted by molar-refractivity contribution is -0.242. The average Bonchev–Trinajstić information content (AvgIpc) is 2.23. The Morgan fingerprint density at radius 1 is 1.44 bits per heavy atom. The number of hydrogen-bond donors (Lipinski definition) is 2. The number of rotatable bonds is 2. The summed E-state index contributed by atoms with van der Waals surface area (Å²) in [6.45, 7) is 0.369. The van der Waals surface area contributed by atoms with E-state index in [1.165, 1.54) is 12.1 Å². The van der Waals surface area contributed by atoms with Crippen molar-refractivity contribution >= 4 is 39.1 Å². The second-order valence-corrected chi connectivity index (χ2v) is 4.86. The van der Waals surface area contributed by atoms with Gasteiger partial charge in [-0.15, -0.1) is 0 Å². The highest BCUT2D eigenvalue weighted by Crippen LogP contribution is 2.34. The molecule has 0 saturated heterocycles. The first kappa shape index (κ1) is 15.3. The van der Waals surface area contributed by atoms with Gasteiger partial charge in [-0.3, -0.25) is 4.79 Å². The van der Waals surface area contributed by atoms with Crippen molar-refractivity contribution in [3.05, 3.63) is 27.7 Å². The lowest BCUT2D eigenvalue weighted by Gasteiger charge is -2.25. The molecule has 0 aliphatic carbocycles. The third kappa shape index (κ3) is 2.96. The molecule has 3 nitrogen and oxygen atoms in total. The van der Waals surface area contributed by atoms with Gasteiger partial charge >= 0.3 is 6.18 Å². The fourth-order valence-electron chi connectivity index (χ4n) is 0.973. The molecule has 2 N–H and O–H groups in total. The number of alkyl halides is 3. The Hall–Kier alpha value is -0.790. The van der Waals surface area contributed by atoms with Crippen LogP contribution < -0.4 is 5.32 Å². The van der Waals surface area contributed by atoms with Gasteiger partial charge in [-0.2, -0.15) is 13.2 Å². The van der Waals surface area contributed by atoms with Crippen molar-refractivity contribution in [2.24, 2.45) is 0 Å². The van der Waals surface area contributed by atoms with Gasteiger partial charge in [0.2, 0.25) is 5.60 Å². The molecule has 1 rings (SSSR count). The van der Waals surface area contributed by atoms with Crippen LogP contribution in [-0.2, 0) is 4.79 Å². The van der Waals surface area contributed by atoms with Crippen molar-refractivity contribution < 1.29 is 23.1 Å². The highest BCUT2D eigenvalue weighted by atomic mass is 79.9. The van der Waals surface area contributed by atoms with Crippen LogP contribution in [0.3, 0.4) is 0 Å². The van der Waals surface area contributed by atoms with Crippen LogP contribution in [0.1, 0.15) is 6.92 Å². The number of hydrogen-bond acceptors (Lipinski definition) is 2. The highest BCUT2D eigenvalue weighted by Gasteiger charge is 2.55. The summed E-state index contributed by atoms with van der Waals surface area (Å²) in [6.07, 6.45) is -5.07. The maximum atomic E-state index is 12.4. The smallest absolute Gasteiger partial charge is 0.373 e. The normalized spacial score (nSPS) is 15.1. The lowest BCUT2D eigenvalue weighted by Crippen LogP contribution is -2.52. The summed E-state index contributed by atoms with van der Waals surface area (Å²) in [5.74, 6) is -1.60. The second kappa shape index (κ2) is 5.07. The second-order valence-electron chi connectivity index (χ2n) is 3.63. The number of aliphatic hydroxyl groups is 1. The molecule has 0 heterocycles. The van der Waals surface area contributed by atoms with Gasteiger partial charge in [-0.05, 0) is 35.0 Å². The summed E-state index contributed by atoms with van der Waals surface area (Å²) in [6, 6.07) is 4.35. The number of amides is 1. The van der Waals surface area contributed by atoms with E-state index in [4.69, 9.17) is 16.7 Å². The molecule has 1 aromatic rings. The van der Waals surface area contributed by atoms with Crippen LogP contribution in [0, 0.1) is 0 Å². The molecule has 0 fully saturated rings. The molecule has 0 spiro atoms. The zero-order valence-electron chi connectivity index (χ0n) is 8.98. The SMILES string of the molecule is C[C@@](O)(C(=O)Nc1cccc(Br)c1Cl)C(F)(F)F. The van der Waals surface area contributed by atoms with Crippen LogP contribution >= 0.6 is 27.5 Å². The van der Waals surface area contributed by atoms with E-state index in [0.29, 0.717) is 11.4 Å². The fraction of sp³-hybridized carbons (Fsp3) is 0.300. The highest BCUT2D eigenvalue weighted by molar-refractivity contribution is 9.10. The van der Waals surface area contributed by atoms with Crippen molar-refractivity contribution in [3.63, 3.8) is 0 Å². The van der Waals surface area contributed by atoms with E-state index in [1.54, 1.807) is 6.07 Å². The number of benzene rings is 1. The van der Waals surface area contributed by atoms with Crippen molar-refractivity contribution in [2.75, 3.05) is 5.32 Å². The Balaban J connectivity index is 2.99. The number of anilines is 1. The molecule has 0 saturated carbocycles. The summed E-state index contributed by atoms with van der Waals surface area (Å²) in [7, 11) is 0. The van der Waals surface area contributed by atoms with E-state index in [-0.39, 0.29) is 10.7 Å². The molecule has 1 atom stereocenters. The molecule has 1 aromatic carbocycles. The molecule has 8 heteroatoms. The summed E-state index contributed by atoms with van der Waals surface area (Å²) in [4.78, 5) is 11.4. The van der Waals surface area contributed by atoms with Crippen LogP contribution in [0.5, 0.6) is 0 Å². The minimum atomic E-state index is -5.07. The monoisotopic (exact) mass is 345 g/mol. The van der Waals surface area contributed by atoms with Gasteiger partial charge in [0.1, 0.15) is 0 Å². The summed E-state index contributed by atoms with van der Waals surface area (Å²) in [5, 5.41) is 11.1. The van der Waals surface area contributed by atoms with Crippen molar-refractivity contribution in [2.45, 2.75) is 18.7 Å². The minimum Gasteiger partial charge on any atom is -0.373 e. The number of halogens is 5. The number of carbonyl (C=O) groups excluding carboxylic acids is 1. The molecule has 0 unspecified atom stereocenters. The fourth-order valence-corrected chi connectivity index (χ4v) is 1.51. The van der Waals surface area contributed by atoms with E-state index in [0.717, 1.165) is 0 Å². The molecular formula is C10H8BrClF3NO2. The summed E-state index contributed by atoms with van der Waals surface area (Å²) >= 11 is 8.84. The van der Waals surface area contributed by atoms with Crippen molar-refractivity contribution in [3.8, 4) is 0 Å².